The third-order valence-corrected chi connectivity index (χ3v) is 1.43. The van der Waals surface area contributed by atoms with E-state index in [1.165, 1.54) is 12.1 Å². The number of halogens is 1. The van der Waals surface area contributed by atoms with Crippen molar-refractivity contribution in [1.82, 2.24) is 0 Å². The van der Waals surface area contributed by atoms with Crippen LogP contribution in [-0.2, 0) is 6.54 Å². The van der Waals surface area contributed by atoms with E-state index < -0.39 is 5.82 Å². The summed E-state index contributed by atoms with van der Waals surface area (Å²) in [5.74, 6) is -0.511. The van der Waals surface area contributed by atoms with Crippen molar-refractivity contribution in [1.29, 1.82) is 0 Å². The molecule has 1 rings (SSSR count). The van der Waals surface area contributed by atoms with Crippen LogP contribution in [0.2, 0.25) is 0 Å². The van der Waals surface area contributed by atoms with E-state index in [0.29, 0.717) is 11.8 Å². The molecule has 0 aliphatic carbocycles. The number of carbonyl (C=O) groups excluding carboxylic acids is 1. The molecule has 0 atom stereocenters. The molecule has 0 aliphatic rings. The van der Waals surface area contributed by atoms with E-state index in [1.807, 2.05) is 0 Å². The van der Waals surface area contributed by atoms with Gasteiger partial charge in [0.25, 0.3) is 0 Å². The smallest absolute Gasteiger partial charge is 0.152 e. The van der Waals surface area contributed by atoms with Crippen LogP contribution in [0.3, 0.4) is 0 Å². The largest absolute Gasteiger partial charge is 0.326 e. The first kappa shape index (κ1) is 7.88. The molecule has 0 aromatic heterocycles. The lowest BCUT2D eigenvalue weighted by atomic mass is 10.1. The van der Waals surface area contributed by atoms with Crippen molar-refractivity contribution in [3.8, 4) is 0 Å². The van der Waals surface area contributed by atoms with Crippen LogP contribution in [0.4, 0.5) is 4.39 Å². The maximum absolute atomic E-state index is 12.8. The third kappa shape index (κ3) is 1.62. The van der Waals surface area contributed by atoms with Gasteiger partial charge in [-0.3, -0.25) is 4.79 Å². The second kappa shape index (κ2) is 3.25. The van der Waals surface area contributed by atoms with Crippen molar-refractivity contribution in [2.45, 2.75) is 6.54 Å². The van der Waals surface area contributed by atoms with Crippen molar-refractivity contribution in [2.75, 3.05) is 0 Å². The summed E-state index contributed by atoms with van der Waals surface area (Å²) in [5.41, 5.74) is 6.01. The summed E-state index contributed by atoms with van der Waals surface area (Å²) in [6.07, 6.45) is 0.482. The zero-order chi connectivity index (χ0) is 8.27. The summed E-state index contributed by atoms with van der Waals surface area (Å²) in [6, 6.07) is 4.32. The number of hydrogen-bond donors (Lipinski definition) is 1. The van der Waals surface area contributed by atoms with Gasteiger partial charge in [0.1, 0.15) is 5.82 Å². The van der Waals surface area contributed by atoms with Gasteiger partial charge in [-0.1, -0.05) is 6.07 Å². The van der Waals surface area contributed by atoms with Crippen LogP contribution in [0.5, 0.6) is 0 Å². The van der Waals surface area contributed by atoms with Crippen LogP contribution < -0.4 is 5.73 Å². The highest BCUT2D eigenvalue weighted by Gasteiger charge is 1.99. The molecule has 0 spiro atoms. The maximum Gasteiger partial charge on any atom is 0.152 e. The molecule has 0 aliphatic heterocycles. The minimum atomic E-state index is -0.511. The van der Waals surface area contributed by atoms with Crippen LogP contribution in [0.15, 0.2) is 18.2 Å². The molecule has 1 aromatic rings. The summed E-state index contributed by atoms with van der Waals surface area (Å²) in [5, 5.41) is 0. The van der Waals surface area contributed by atoms with E-state index in [0.717, 1.165) is 0 Å². The fourth-order valence-electron chi connectivity index (χ4n) is 0.793. The lowest BCUT2D eigenvalue weighted by Crippen LogP contribution is -1.98. The van der Waals surface area contributed by atoms with Gasteiger partial charge in [0.15, 0.2) is 6.29 Å². The summed E-state index contributed by atoms with van der Waals surface area (Å²) in [6.45, 7) is 0.288. The van der Waals surface area contributed by atoms with Crippen LogP contribution in [-0.4, -0.2) is 6.29 Å². The standard InChI is InChI=1S/C8H8FNO/c9-8-3-6(4-10)1-2-7(8)5-11/h1-3,5H,4,10H2. The Morgan fingerprint density at radius 2 is 2.27 bits per heavy atom. The van der Waals surface area contributed by atoms with Gasteiger partial charge in [-0.2, -0.15) is 0 Å². The first-order chi connectivity index (χ1) is 5.27. The van der Waals surface area contributed by atoms with E-state index >= 15 is 0 Å². The molecule has 58 valence electrons. The lowest BCUT2D eigenvalue weighted by Gasteiger charge is -1.97. The Kier molecular flexibility index (Phi) is 2.33. The number of hydrogen-bond acceptors (Lipinski definition) is 2. The second-order valence-corrected chi connectivity index (χ2v) is 2.18. The number of nitrogens with two attached hydrogens (primary N) is 1. The van der Waals surface area contributed by atoms with Crippen LogP contribution in [0, 0.1) is 5.82 Å². The highest BCUT2D eigenvalue weighted by Crippen LogP contribution is 2.07. The first-order valence-corrected chi connectivity index (χ1v) is 3.21. The van der Waals surface area contributed by atoms with Gasteiger partial charge in [-0.15, -0.1) is 0 Å². The highest BCUT2D eigenvalue weighted by molar-refractivity contribution is 5.75. The van der Waals surface area contributed by atoms with Crippen molar-refractivity contribution < 1.29 is 9.18 Å². The minimum Gasteiger partial charge on any atom is -0.326 e. The van der Waals surface area contributed by atoms with E-state index in [9.17, 15) is 9.18 Å². The Hall–Kier alpha value is -1.22. The quantitative estimate of drug-likeness (QED) is 0.646. The molecular formula is C8H8FNO. The van der Waals surface area contributed by atoms with E-state index in [1.54, 1.807) is 6.07 Å². The van der Waals surface area contributed by atoms with Gasteiger partial charge in [0.05, 0.1) is 5.56 Å². The molecular weight excluding hydrogens is 145 g/mol. The molecule has 2 nitrogen and oxygen atoms in total. The molecule has 11 heavy (non-hydrogen) atoms. The number of carbonyl (C=O) groups is 1. The maximum atomic E-state index is 12.8. The molecule has 0 radical (unpaired) electrons. The Morgan fingerprint density at radius 1 is 1.55 bits per heavy atom. The Balaban J connectivity index is 3.09. The van der Waals surface area contributed by atoms with E-state index in [4.69, 9.17) is 5.73 Å². The molecule has 3 heteroatoms. The predicted molar refractivity (Wildman–Crippen MR) is 39.7 cm³/mol. The highest BCUT2D eigenvalue weighted by atomic mass is 19.1. The predicted octanol–water partition coefficient (Wildman–Crippen LogP) is 1.10. The zero-order valence-electron chi connectivity index (χ0n) is 5.88. The first-order valence-electron chi connectivity index (χ1n) is 3.21. The Bertz CT molecular complexity index is 273. The summed E-state index contributed by atoms with van der Waals surface area (Å²) in [7, 11) is 0. The molecule has 1 aromatic carbocycles. The van der Waals surface area contributed by atoms with Crippen molar-refractivity contribution in [3.05, 3.63) is 35.1 Å². The van der Waals surface area contributed by atoms with Crippen LogP contribution in [0.25, 0.3) is 0 Å². The van der Waals surface area contributed by atoms with Crippen molar-refractivity contribution in [2.24, 2.45) is 5.73 Å². The summed E-state index contributed by atoms with van der Waals surface area (Å²) in [4.78, 5) is 10.2. The van der Waals surface area contributed by atoms with Gasteiger partial charge >= 0.3 is 0 Å². The van der Waals surface area contributed by atoms with Crippen LogP contribution >= 0.6 is 0 Å². The normalized spacial score (nSPS) is 9.64. The van der Waals surface area contributed by atoms with E-state index in [-0.39, 0.29) is 12.1 Å². The average Bonchev–Trinajstić information content (AvgIpc) is 2.04. The second-order valence-electron chi connectivity index (χ2n) is 2.18. The molecule has 0 saturated heterocycles. The fourth-order valence-corrected chi connectivity index (χ4v) is 0.793. The Labute approximate surface area is 63.8 Å². The van der Waals surface area contributed by atoms with Gasteiger partial charge in [0.2, 0.25) is 0 Å². The minimum absolute atomic E-state index is 0.0715. The van der Waals surface area contributed by atoms with Gasteiger partial charge in [-0.05, 0) is 17.7 Å². The third-order valence-electron chi connectivity index (χ3n) is 1.43. The van der Waals surface area contributed by atoms with E-state index in [2.05, 4.69) is 0 Å². The summed E-state index contributed by atoms with van der Waals surface area (Å²) >= 11 is 0. The molecule has 0 unspecified atom stereocenters. The number of rotatable bonds is 2. The van der Waals surface area contributed by atoms with Crippen molar-refractivity contribution in [3.63, 3.8) is 0 Å². The molecule has 0 bridgehead atoms. The van der Waals surface area contributed by atoms with Crippen LogP contribution in [0.1, 0.15) is 15.9 Å². The number of benzene rings is 1. The molecule has 2 N–H and O–H groups in total. The SMILES string of the molecule is NCc1ccc(C=O)c(F)c1. The molecule has 0 heterocycles. The molecule has 0 fully saturated rings. The summed E-state index contributed by atoms with van der Waals surface area (Å²) < 4.78 is 12.8. The van der Waals surface area contributed by atoms with Gasteiger partial charge < -0.3 is 5.73 Å². The van der Waals surface area contributed by atoms with Gasteiger partial charge in [0, 0.05) is 6.54 Å². The zero-order valence-corrected chi connectivity index (χ0v) is 5.88. The Morgan fingerprint density at radius 3 is 2.73 bits per heavy atom. The monoisotopic (exact) mass is 153 g/mol. The fraction of sp³-hybridized carbons (Fsp3) is 0.125. The number of aldehydes is 1. The topological polar surface area (TPSA) is 43.1 Å². The lowest BCUT2D eigenvalue weighted by molar-refractivity contribution is 0.112. The van der Waals surface area contributed by atoms with Gasteiger partial charge in [-0.25, -0.2) is 4.39 Å². The molecule has 0 saturated carbocycles. The average molecular weight is 153 g/mol. The van der Waals surface area contributed by atoms with Crippen molar-refractivity contribution >= 4 is 6.29 Å². The molecule has 0 amide bonds.